The number of methoxy groups -OCH3 is 1. The Bertz CT molecular complexity index is 1160. The molecule has 176 valence electrons. The molecule has 0 radical (unpaired) electrons. The Kier molecular flexibility index (Phi) is 7.16. The van der Waals surface area contributed by atoms with Crippen LogP contribution in [-0.2, 0) is 22.7 Å². The van der Waals surface area contributed by atoms with Gasteiger partial charge in [-0.05, 0) is 43.2 Å². The molecule has 1 N–H and O–H groups in total. The van der Waals surface area contributed by atoms with Gasteiger partial charge in [-0.15, -0.1) is 0 Å². The standard InChI is InChI=1S/C28H30N2O4/c1-4-24(20-10-6-5-7-11-20)27(31)29-23-14-15-26-22(16-23)18-30(28(32)19(2)34-26)17-21-12-8-9-13-25(21)33-3/h5-16,19,24H,4,17-18H2,1-3H3,(H,29,31)/t19-,24-/m0/s1. The zero-order valence-electron chi connectivity index (χ0n) is 19.8. The zero-order chi connectivity index (χ0) is 24.1. The summed E-state index contributed by atoms with van der Waals surface area (Å²) in [6.07, 6.45) is 0.0849. The normalized spacial score (nSPS) is 16.1. The van der Waals surface area contributed by atoms with Gasteiger partial charge in [0.25, 0.3) is 5.91 Å². The predicted octanol–water partition coefficient (Wildman–Crippen LogP) is 5.14. The van der Waals surface area contributed by atoms with Gasteiger partial charge in [0, 0.05) is 29.9 Å². The number of carbonyl (C=O) groups is 2. The first kappa shape index (κ1) is 23.4. The number of benzene rings is 3. The molecule has 2 amide bonds. The van der Waals surface area contributed by atoms with Crippen molar-refractivity contribution in [3.8, 4) is 11.5 Å². The van der Waals surface area contributed by atoms with Crippen molar-refractivity contribution in [2.45, 2.75) is 45.4 Å². The topological polar surface area (TPSA) is 67.9 Å². The highest BCUT2D eigenvalue weighted by Gasteiger charge is 2.29. The first-order valence-corrected chi connectivity index (χ1v) is 11.6. The third kappa shape index (κ3) is 5.06. The maximum absolute atomic E-state index is 13.1. The summed E-state index contributed by atoms with van der Waals surface area (Å²) < 4.78 is 11.4. The number of nitrogens with one attached hydrogen (secondary N) is 1. The average molecular weight is 459 g/mol. The van der Waals surface area contributed by atoms with E-state index in [0.717, 1.165) is 22.4 Å². The van der Waals surface area contributed by atoms with Gasteiger partial charge >= 0.3 is 0 Å². The lowest BCUT2D eigenvalue weighted by atomic mass is 9.95. The molecule has 3 aromatic carbocycles. The summed E-state index contributed by atoms with van der Waals surface area (Å²) in [6, 6.07) is 23.0. The Labute approximate surface area is 200 Å². The van der Waals surface area contributed by atoms with Crippen LogP contribution in [-0.4, -0.2) is 29.9 Å². The fraction of sp³-hybridized carbons (Fsp3) is 0.286. The number of carbonyl (C=O) groups excluding carboxylic acids is 2. The fourth-order valence-electron chi connectivity index (χ4n) is 4.34. The van der Waals surface area contributed by atoms with E-state index in [9.17, 15) is 9.59 Å². The van der Waals surface area contributed by atoms with Crippen LogP contribution in [0.3, 0.4) is 0 Å². The van der Waals surface area contributed by atoms with Crippen molar-refractivity contribution in [3.05, 3.63) is 89.5 Å². The van der Waals surface area contributed by atoms with Gasteiger partial charge in [-0.3, -0.25) is 9.59 Å². The number of rotatable bonds is 7. The van der Waals surface area contributed by atoms with E-state index in [1.54, 1.807) is 18.9 Å². The smallest absolute Gasteiger partial charge is 0.263 e. The molecule has 1 aliphatic heterocycles. The van der Waals surface area contributed by atoms with Gasteiger partial charge in [0.1, 0.15) is 11.5 Å². The van der Waals surface area contributed by atoms with Crippen LogP contribution in [0.4, 0.5) is 5.69 Å². The summed E-state index contributed by atoms with van der Waals surface area (Å²) in [4.78, 5) is 27.9. The zero-order valence-corrected chi connectivity index (χ0v) is 19.8. The lowest BCUT2D eigenvalue weighted by molar-refractivity contribution is -0.138. The molecule has 0 aromatic heterocycles. The SMILES string of the molecule is CC[C@H](C(=O)Nc1ccc2c(c1)CN(Cc1ccccc1OC)C(=O)[C@H](C)O2)c1ccccc1. The second kappa shape index (κ2) is 10.4. The first-order chi connectivity index (χ1) is 16.5. The Hall–Kier alpha value is -3.80. The average Bonchev–Trinajstić information content (AvgIpc) is 2.96. The number of hydrogen-bond donors (Lipinski definition) is 1. The predicted molar refractivity (Wildman–Crippen MR) is 132 cm³/mol. The molecule has 0 aliphatic carbocycles. The maximum atomic E-state index is 13.1. The molecule has 3 aromatic rings. The van der Waals surface area contributed by atoms with Crippen LogP contribution in [0.1, 0.15) is 42.9 Å². The number of fused-ring (bicyclic) bond motifs is 1. The Morgan fingerprint density at radius 2 is 1.85 bits per heavy atom. The highest BCUT2D eigenvalue weighted by Crippen LogP contribution is 2.31. The van der Waals surface area contributed by atoms with Crippen molar-refractivity contribution in [2.24, 2.45) is 0 Å². The lowest BCUT2D eigenvalue weighted by Gasteiger charge is -2.23. The molecular formula is C28H30N2O4. The summed E-state index contributed by atoms with van der Waals surface area (Å²) in [5.74, 6) is 0.999. The van der Waals surface area contributed by atoms with Crippen molar-refractivity contribution in [3.63, 3.8) is 0 Å². The van der Waals surface area contributed by atoms with Gasteiger partial charge in [0.05, 0.1) is 13.0 Å². The molecule has 0 spiro atoms. The Balaban J connectivity index is 1.56. The quantitative estimate of drug-likeness (QED) is 0.533. The maximum Gasteiger partial charge on any atom is 0.263 e. The molecule has 2 atom stereocenters. The molecule has 0 unspecified atom stereocenters. The van der Waals surface area contributed by atoms with Gasteiger partial charge in [0.15, 0.2) is 6.10 Å². The minimum Gasteiger partial charge on any atom is -0.496 e. The first-order valence-electron chi connectivity index (χ1n) is 11.6. The molecule has 6 heteroatoms. The highest BCUT2D eigenvalue weighted by molar-refractivity contribution is 5.96. The molecule has 0 saturated carbocycles. The third-order valence-electron chi connectivity index (χ3n) is 6.13. The van der Waals surface area contributed by atoms with Gasteiger partial charge < -0.3 is 19.7 Å². The fourth-order valence-corrected chi connectivity index (χ4v) is 4.34. The van der Waals surface area contributed by atoms with Gasteiger partial charge in [-0.2, -0.15) is 0 Å². The van der Waals surface area contributed by atoms with E-state index in [1.165, 1.54) is 0 Å². The van der Waals surface area contributed by atoms with Gasteiger partial charge in [-0.25, -0.2) is 0 Å². The molecular weight excluding hydrogens is 428 g/mol. The molecule has 0 bridgehead atoms. The van der Waals surface area contributed by atoms with Crippen LogP contribution < -0.4 is 14.8 Å². The van der Waals surface area contributed by atoms with Crippen LogP contribution in [0.2, 0.25) is 0 Å². The summed E-state index contributed by atoms with van der Waals surface area (Å²) >= 11 is 0. The summed E-state index contributed by atoms with van der Waals surface area (Å²) in [5.41, 5.74) is 3.44. The minimum absolute atomic E-state index is 0.0569. The minimum atomic E-state index is -0.612. The van der Waals surface area contributed by atoms with Crippen molar-refractivity contribution >= 4 is 17.5 Å². The summed E-state index contributed by atoms with van der Waals surface area (Å²) in [6.45, 7) is 4.54. The van der Waals surface area contributed by atoms with E-state index in [0.29, 0.717) is 30.9 Å². The van der Waals surface area contributed by atoms with Crippen LogP contribution >= 0.6 is 0 Å². The number of ether oxygens (including phenoxy) is 2. The van der Waals surface area contributed by atoms with Crippen molar-refractivity contribution in [1.82, 2.24) is 4.90 Å². The second-order valence-corrected chi connectivity index (χ2v) is 8.45. The van der Waals surface area contributed by atoms with Crippen molar-refractivity contribution < 1.29 is 19.1 Å². The molecule has 4 rings (SSSR count). The monoisotopic (exact) mass is 458 g/mol. The molecule has 6 nitrogen and oxygen atoms in total. The van der Waals surface area contributed by atoms with Gasteiger partial charge in [0.2, 0.25) is 5.91 Å². The van der Waals surface area contributed by atoms with E-state index >= 15 is 0 Å². The van der Waals surface area contributed by atoms with E-state index in [4.69, 9.17) is 9.47 Å². The molecule has 0 saturated heterocycles. The van der Waals surface area contributed by atoms with Crippen LogP contribution in [0.15, 0.2) is 72.8 Å². The van der Waals surface area contributed by atoms with Crippen molar-refractivity contribution in [1.29, 1.82) is 0 Å². The third-order valence-corrected chi connectivity index (χ3v) is 6.13. The van der Waals surface area contributed by atoms with Crippen LogP contribution in [0.25, 0.3) is 0 Å². The lowest BCUT2D eigenvalue weighted by Crippen LogP contribution is -2.37. The van der Waals surface area contributed by atoms with Crippen molar-refractivity contribution in [2.75, 3.05) is 12.4 Å². The van der Waals surface area contributed by atoms with Crippen LogP contribution in [0, 0.1) is 0 Å². The van der Waals surface area contributed by atoms with E-state index in [2.05, 4.69) is 5.32 Å². The molecule has 1 heterocycles. The molecule has 1 aliphatic rings. The number of amides is 2. The number of nitrogens with zero attached hydrogens (tertiary/aromatic N) is 1. The number of hydrogen-bond acceptors (Lipinski definition) is 4. The Morgan fingerprint density at radius 3 is 2.59 bits per heavy atom. The summed E-state index contributed by atoms with van der Waals surface area (Å²) in [5, 5.41) is 3.05. The second-order valence-electron chi connectivity index (χ2n) is 8.45. The highest BCUT2D eigenvalue weighted by atomic mass is 16.5. The molecule has 34 heavy (non-hydrogen) atoms. The van der Waals surface area contributed by atoms with E-state index in [-0.39, 0.29) is 17.7 Å². The number of para-hydroxylation sites is 1. The van der Waals surface area contributed by atoms with E-state index in [1.807, 2.05) is 79.7 Å². The van der Waals surface area contributed by atoms with Gasteiger partial charge in [-0.1, -0.05) is 55.5 Å². The largest absolute Gasteiger partial charge is 0.496 e. The Morgan fingerprint density at radius 1 is 1.12 bits per heavy atom. The summed E-state index contributed by atoms with van der Waals surface area (Å²) in [7, 11) is 1.62. The molecule has 0 fully saturated rings. The number of anilines is 1. The van der Waals surface area contributed by atoms with E-state index < -0.39 is 6.10 Å². The van der Waals surface area contributed by atoms with Crippen LogP contribution in [0.5, 0.6) is 11.5 Å².